The summed E-state index contributed by atoms with van der Waals surface area (Å²) < 4.78 is 0. The Bertz CT molecular complexity index is 468. The van der Waals surface area contributed by atoms with Gasteiger partial charge in [-0.25, -0.2) is 0 Å². The molecular formula is C12H11NO2S. The summed E-state index contributed by atoms with van der Waals surface area (Å²) in [5, 5.41) is 2.87. The maximum atomic E-state index is 11.9. The van der Waals surface area contributed by atoms with Gasteiger partial charge in [-0.3, -0.25) is 4.79 Å². The fourth-order valence-corrected chi connectivity index (χ4v) is 2.82. The molecule has 1 aromatic rings. The van der Waals surface area contributed by atoms with Gasteiger partial charge in [0.05, 0.1) is 0 Å². The lowest BCUT2D eigenvalue weighted by molar-refractivity contribution is -0.107. The van der Waals surface area contributed by atoms with Crippen molar-refractivity contribution in [2.24, 2.45) is 5.92 Å². The van der Waals surface area contributed by atoms with Crippen LogP contribution in [0.2, 0.25) is 0 Å². The molecule has 0 amide bonds. The summed E-state index contributed by atoms with van der Waals surface area (Å²) in [6, 6.07) is 5.64. The SMILES string of the molecule is O=CC1Nc2ccc(C(=O)C3CC3)cc2S1. The minimum Gasteiger partial charge on any atom is -0.366 e. The maximum Gasteiger partial charge on any atom is 0.165 e. The van der Waals surface area contributed by atoms with Gasteiger partial charge < -0.3 is 10.1 Å². The Balaban J connectivity index is 1.89. The minimum atomic E-state index is -0.207. The monoisotopic (exact) mass is 233 g/mol. The molecule has 16 heavy (non-hydrogen) atoms. The number of carbonyl (C=O) groups is 2. The zero-order valence-corrected chi connectivity index (χ0v) is 9.42. The van der Waals surface area contributed by atoms with Crippen molar-refractivity contribution >= 4 is 29.5 Å². The van der Waals surface area contributed by atoms with E-state index in [1.54, 1.807) is 0 Å². The summed E-state index contributed by atoms with van der Waals surface area (Å²) in [4.78, 5) is 23.5. The van der Waals surface area contributed by atoms with E-state index in [9.17, 15) is 9.59 Å². The molecule has 4 heteroatoms. The number of fused-ring (bicyclic) bond motifs is 1. The van der Waals surface area contributed by atoms with E-state index in [2.05, 4.69) is 5.32 Å². The molecule has 1 atom stereocenters. The number of nitrogens with one attached hydrogen (secondary N) is 1. The molecular weight excluding hydrogens is 222 g/mol. The van der Waals surface area contributed by atoms with Crippen molar-refractivity contribution < 1.29 is 9.59 Å². The van der Waals surface area contributed by atoms with Gasteiger partial charge in [0.2, 0.25) is 0 Å². The first kappa shape index (κ1) is 9.90. The Morgan fingerprint density at radius 3 is 2.94 bits per heavy atom. The number of Topliss-reactive ketones (excluding diaryl/α,β-unsaturated/α-hetero) is 1. The first-order valence-electron chi connectivity index (χ1n) is 5.34. The van der Waals surface area contributed by atoms with E-state index in [1.807, 2.05) is 18.2 Å². The van der Waals surface area contributed by atoms with Crippen LogP contribution in [0.5, 0.6) is 0 Å². The number of hydrogen-bond acceptors (Lipinski definition) is 4. The number of anilines is 1. The lowest BCUT2D eigenvalue weighted by atomic mass is 10.1. The highest BCUT2D eigenvalue weighted by atomic mass is 32.2. The van der Waals surface area contributed by atoms with E-state index in [1.165, 1.54) is 11.8 Å². The minimum absolute atomic E-state index is 0.207. The third-order valence-corrected chi connectivity index (χ3v) is 3.96. The van der Waals surface area contributed by atoms with Gasteiger partial charge in [0, 0.05) is 22.1 Å². The molecule has 2 aliphatic rings. The van der Waals surface area contributed by atoms with Crippen LogP contribution in [0.15, 0.2) is 23.1 Å². The van der Waals surface area contributed by atoms with Gasteiger partial charge in [0.15, 0.2) is 12.1 Å². The third-order valence-electron chi connectivity index (χ3n) is 2.89. The van der Waals surface area contributed by atoms with Crippen molar-refractivity contribution in [3.8, 4) is 0 Å². The largest absolute Gasteiger partial charge is 0.366 e. The fourth-order valence-electron chi connectivity index (χ4n) is 1.85. The number of aldehydes is 1. The van der Waals surface area contributed by atoms with Crippen molar-refractivity contribution in [3.05, 3.63) is 23.8 Å². The molecule has 82 valence electrons. The van der Waals surface area contributed by atoms with Crippen molar-refractivity contribution in [1.29, 1.82) is 0 Å². The van der Waals surface area contributed by atoms with Gasteiger partial charge in [0.25, 0.3) is 0 Å². The van der Waals surface area contributed by atoms with Crippen LogP contribution in [0.3, 0.4) is 0 Å². The number of ketones is 1. The second-order valence-electron chi connectivity index (χ2n) is 4.17. The normalized spacial score (nSPS) is 22.4. The molecule has 0 bridgehead atoms. The molecule has 1 heterocycles. The molecule has 0 radical (unpaired) electrons. The first-order valence-corrected chi connectivity index (χ1v) is 6.22. The number of rotatable bonds is 3. The van der Waals surface area contributed by atoms with Gasteiger partial charge in [0.1, 0.15) is 5.37 Å². The highest BCUT2D eigenvalue weighted by Crippen LogP contribution is 2.40. The van der Waals surface area contributed by atoms with Crippen LogP contribution >= 0.6 is 11.8 Å². The summed E-state index contributed by atoms with van der Waals surface area (Å²) in [6.07, 6.45) is 2.93. The highest BCUT2D eigenvalue weighted by Gasteiger charge is 2.31. The van der Waals surface area contributed by atoms with Gasteiger partial charge >= 0.3 is 0 Å². The molecule has 1 aliphatic carbocycles. The van der Waals surface area contributed by atoms with E-state index >= 15 is 0 Å². The lowest BCUT2D eigenvalue weighted by Gasteiger charge is -2.02. The van der Waals surface area contributed by atoms with E-state index in [4.69, 9.17) is 0 Å². The van der Waals surface area contributed by atoms with E-state index in [0.717, 1.165) is 35.3 Å². The molecule has 1 aromatic carbocycles. The molecule has 3 nitrogen and oxygen atoms in total. The summed E-state index contributed by atoms with van der Waals surface area (Å²) in [5.41, 5.74) is 1.73. The number of hydrogen-bond donors (Lipinski definition) is 1. The maximum absolute atomic E-state index is 11.9. The second-order valence-corrected chi connectivity index (χ2v) is 5.35. The molecule has 0 aromatic heterocycles. The Kier molecular flexibility index (Phi) is 2.24. The molecule has 1 N–H and O–H groups in total. The van der Waals surface area contributed by atoms with Gasteiger partial charge in [-0.05, 0) is 31.0 Å². The van der Waals surface area contributed by atoms with Gasteiger partial charge in [-0.2, -0.15) is 0 Å². The Morgan fingerprint density at radius 2 is 2.25 bits per heavy atom. The van der Waals surface area contributed by atoms with Crippen molar-refractivity contribution in [2.75, 3.05) is 5.32 Å². The van der Waals surface area contributed by atoms with Gasteiger partial charge in [-0.15, -0.1) is 0 Å². The van der Waals surface area contributed by atoms with Crippen LogP contribution < -0.4 is 5.32 Å². The summed E-state index contributed by atoms with van der Waals surface area (Å²) in [7, 11) is 0. The molecule has 1 saturated carbocycles. The highest BCUT2D eigenvalue weighted by molar-refractivity contribution is 8.01. The average Bonchev–Trinajstić information content (AvgIpc) is 3.06. The van der Waals surface area contributed by atoms with Crippen LogP contribution in [0.1, 0.15) is 23.2 Å². The Morgan fingerprint density at radius 1 is 1.44 bits per heavy atom. The predicted octanol–water partition coefficient (Wildman–Crippen LogP) is 2.32. The zero-order valence-electron chi connectivity index (χ0n) is 8.60. The Labute approximate surface area is 97.6 Å². The quantitative estimate of drug-likeness (QED) is 0.643. The number of benzene rings is 1. The average molecular weight is 233 g/mol. The van der Waals surface area contributed by atoms with E-state index in [0.29, 0.717) is 0 Å². The van der Waals surface area contributed by atoms with Crippen LogP contribution in [-0.2, 0) is 4.79 Å². The fraction of sp³-hybridized carbons (Fsp3) is 0.333. The molecule has 0 saturated heterocycles. The van der Waals surface area contributed by atoms with Crippen LogP contribution in [0.4, 0.5) is 5.69 Å². The van der Waals surface area contributed by atoms with Crippen molar-refractivity contribution in [1.82, 2.24) is 0 Å². The molecule has 3 rings (SSSR count). The standard InChI is InChI=1S/C12H11NO2S/c14-6-11-13-9-4-3-8(5-10(9)16-11)12(15)7-1-2-7/h3-7,11,13H,1-2H2. The van der Waals surface area contributed by atoms with Gasteiger partial charge in [-0.1, -0.05) is 11.8 Å². The van der Waals surface area contributed by atoms with Crippen molar-refractivity contribution in [2.45, 2.75) is 23.1 Å². The first-order chi connectivity index (χ1) is 7.78. The van der Waals surface area contributed by atoms with Crippen LogP contribution in [-0.4, -0.2) is 17.4 Å². The number of carbonyl (C=O) groups excluding carboxylic acids is 2. The second kappa shape index (κ2) is 3.63. The molecule has 1 fully saturated rings. The summed E-state index contributed by atoms with van der Waals surface area (Å²) in [6.45, 7) is 0. The molecule has 1 aliphatic heterocycles. The van der Waals surface area contributed by atoms with E-state index in [-0.39, 0.29) is 17.1 Å². The van der Waals surface area contributed by atoms with Crippen LogP contribution in [0.25, 0.3) is 0 Å². The summed E-state index contributed by atoms with van der Waals surface area (Å²) in [5.74, 6) is 0.497. The topological polar surface area (TPSA) is 46.2 Å². The number of thioether (sulfide) groups is 1. The van der Waals surface area contributed by atoms with Crippen molar-refractivity contribution in [3.63, 3.8) is 0 Å². The lowest BCUT2D eigenvalue weighted by Crippen LogP contribution is -2.10. The zero-order chi connectivity index (χ0) is 11.1. The Hall–Kier alpha value is -1.29. The third kappa shape index (κ3) is 1.63. The molecule has 1 unspecified atom stereocenters. The van der Waals surface area contributed by atoms with E-state index < -0.39 is 0 Å². The smallest absolute Gasteiger partial charge is 0.165 e. The summed E-state index contributed by atoms with van der Waals surface area (Å²) >= 11 is 1.47. The molecule has 0 spiro atoms. The predicted molar refractivity (Wildman–Crippen MR) is 62.8 cm³/mol. The van der Waals surface area contributed by atoms with Crippen LogP contribution in [0, 0.1) is 5.92 Å².